The summed E-state index contributed by atoms with van der Waals surface area (Å²) in [6.45, 7) is 2.80. The van der Waals surface area contributed by atoms with E-state index in [0.717, 1.165) is 0 Å². The summed E-state index contributed by atoms with van der Waals surface area (Å²) < 4.78 is 34.8. The van der Waals surface area contributed by atoms with Crippen LogP contribution in [0, 0.1) is 0 Å². The van der Waals surface area contributed by atoms with Crippen molar-refractivity contribution in [3.63, 3.8) is 0 Å². The van der Waals surface area contributed by atoms with Gasteiger partial charge in [0.25, 0.3) is 0 Å². The van der Waals surface area contributed by atoms with Crippen molar-refractivity contribution in [3.05, 3.63) is 58.1 Å². The van der Waals surface area contributed by atoms with Gasteiger partial charge in [0.05, 0.1) is 12.0 Å². The average Bonchev–Trinajstić information content (AvgIpc) is 3.43. The van der Waals surface area contributed by atoms with Crippen molar-refractivity contribution in [2.24, 2.45) is 0 Å². The third kappa shape index (κ3) is 3.91. The van der Waals surface area contributed by atoms with Gasteiger partial charge in [-0.3, -0.25) is 0 Å². The molecule has 0 saturated carbocycles. The Balaban J connectivity index is 1.55. The van der Waals surface area contributed by atoms with E-state index >= 15 is 0 Å². The van der Waals surface area contributed by atoms with Gasteiger partial charge in [-0.1, -0.05) is 29.3 Å². The third-order valence-corrected chi connectivity index (χ3v) is 6.51. The Hall–Kier alpha value is -1.85. The molecule has 11 heteroatoms. The van der Waals surface area contributed by atoms with Gasteiger partial charge in [0.1, 0.15) is 47.7 Å². The van der Waals surface area contributed by atoms with Crippen LogP contribution in [0.5, 0.6) is 0 Å². The minimum absolute atomic E-state index is 0.0882. The first kappa shape index (κ1) is 22.9. The molecule has 5 rings (SSSR count). The highest BCUT2D eigenvalue weighted by Gasteiger charge is 2.58. The van der Waals surface area contributed by atoms with Gasteiger partial charge < -0.3 is 29.0 Å². The molecule has 2 saturated heterocycles. The SMILES string of the molecule is CC1(C)O[C@@H]2[C@H]([C@H](O)c3ccc(Cl)cc3[C@@H](F)CO)O[C@@H](n3ccc4c(Cl)ncnc43)[C@@H]2O1. The Morgan fingerprint density at radius 3 is 2.67 bits per heavy atom. The lowest BCUT2D eigenvalue weighted by molar-refractivity contribution is -0.207. The number of alkyl halides is 1. The van der Waals surface area contributed by atoms with E-state index < -0.39 is 49.2 Å². The van der Waals surface area contributed by atoms with Gasteiger partial charge in [-0.2, -0.15) is 0 Å². The first-order valence-corrected chi connectivity index (χ1v) is 11.2. The van der Waals surface area contributed by atoms with E-state index in [1.54, 1.807) is 36.7 Å². The van der Waals surface area contributed by atoms with Gasteiger partial charge in [-0.05, 0) is 43.2 Å². The van der Waals surface area contributed by atoms with Crippen LogP contribution in [-0.4, -0.2) is 55.5 Å². The molecule has 2 fully saturated rings. The maximum atomic E-state index is 14.5. The molecule has 0 amide bonds. The molecule has 2 aliphatic heterocycles. The Labute approximate surface area is 198 Å². The van der Waals surface area contributed by atoms with Crippen molar-refractivity contribution in [3.8, 4) is 0 Å². The van der Waals surface area contributed by atoms with Crippen molar-refractivity contribution in [2.45, 2.75) is 56.5 Å². The van der Waals surface area contributed by atoms with Crippen molar-refractivity contribution < 1.29 is 28.8 Å². The molecule has 0 bridgehead atoms. The topological polar surface area (TPSA) is 98.9 Å². The van der Waals surface area contributed by atoms with Crippen molar-refractivity contribution in [2.75, 3.05) is 6.61 Å². The van der Waals surface area contributed by atoms with E-state index in [4.69, 9.17) is 37.4 Å². The minimum atomic E-state index is -1.72. The number of hydrogen-bond donors (Lipinski definition) is 2. The Bertz CT molecular complexity index is 1190. The van der Waals surface area contributed by atoms with Crippen LogP contribution in [0.1, 0.15) is 43.5 Å². The highest BCUT2D eigenvalue weighted by molar-refractivity contribution is 6.33. The number of rotatable bonds is 5. The molecule has 33 heavy (non-hydrogen) atoms. The second-order valence-corrected chi connectivity index (χ2v) is 9.34. The number of halogens is 3. The molecule has 0 spiro atoms. The van der Waals surface area contributed by atoms with Crippen LogP contribution in [0.2, 0.25) is 10.2 Å². The van der Waals surface area contributed by atoms with E-state index in [1.165, 1.54) is 18.5 Å². The summed E-state index contributed by atoms with van der Waals surface area (Å²) in [6, 6.07) is 6.23. The van der Waals surface area contributed by atoms with Gasteiger partial charge >= 0.3 is 0 Å². The fourth-order valence-corrected chi connectivity index (χ4v) is 4.96. The van der Waals surface area contributed by atoms with Crippen LogP contribution in [0.15, 0.2) is 36.8 Å². The van der Waals surface area contributed by atoms with E-state index in [9.17, 15) is 14.6 Å². The molecule has 0 aliphatic carbocycles. The molecule has 0 radical (unpaired) electrons. The molecule has 6 atom stereocenters. The maximum Gasteiger partial charge on any atom is 0.164 e. The average molecular weight is 498 g/mol. The predicted molar refractivity (Wildman–Crippen MR) is 118 cm³/mol. The van der Waals surface area contributed by atoms with Crippen molar-refractivity contribution in [1.82, 2.24) is 14.5 Å². The maximum absolute atomic E-state index is 14.5. The monoisotopic (exact) mass is 497 g/mol. The largest absolute Gasteiger partial charge is 0.393 e. The van der Waals surface area contributed by atoms with Crippen LogP contribution < -0.4 is 0 Å². The highest BCUT2D eigenvalue weighted by atomic mass is 35.5. The molecule has 2 N–H and O–H groups in total. The van der Waals surface area contributed by atoms with E-state index in [1.807, 2.05) is 0 Å². The van der Waals surface area contributed by atoms with Gasteiger partial charge in [0.2, 0.25) is 0 Å². The Kier molecular flexibility index (Phi) is 5.85. The summed E-state index contributed by atoms with van der Waals surface area (Å²) in [6.07, 6.45) is -2.73. The van der Waals surface area contributed by atoms with Gasteiger partial charge in [0.15, 0.2) is 12.0 Å². The molecule has 4 heterocycles. The zero-order valence-electron chi connectivity index (χ0n) is 17.7. The summed E-state index contributed by atoms with van der Waals surface area (Å²) >= 11 is 12.2. The van der Waals surface area contributed by atoms with Crippen molar-refractivity contribution >= 4 is 34.2 Å². The molecule has 2 aliphatic rings. The van der Waals surface area contributed by atoms with Gasteiger partial charge in [-0.15, -0.1) is 0 Å². The normalized spacial score (nSPS) is 28.2. The van der Waals surface area contributed by atoms with Gasteiger partial charge in [-0.25, -0.2) is 14.4 Å². The van der Waals surface area contributed by atoms with Crippen LogP contribution in [0.3, 0.4) is 0 Å². The second kappa shape index (κ2) is 8.42. The number of nitrogens with zero attached hydrogens (tertiary/aromatic N) is 3. The quantitative estimate of drug-likeness (QED) is 0.515. The number of aromatic nitrogens is 3. The lowest BCUT2D eigenvalue weighted by Gasteiger charge is -2.28. The van der Waals surface area contributed by atoms with Crippen LogP contribution in [0.25, 0.3) is 11.0 Å². The van der Waals surface area contributed by atoms with Crippen molar-refractivity contribution in [1.29, 1.82) is 0 Å². The van der Waals surface area contributed by atoms with E-state index in [2.05, 4.69) is 9.97 Å². The summed E-state index contributed by atoms with van der Waals surface area (Å²) in [5.41, 5.74) is 0.880. The molecule has 3 aromatic rings. The lowest BCUT2D eigenvalue weighted by atomic mass is 9.93. The Morgan fingerprint density at radius 1 is 1.15 bits per heavy atom. The fraction of sp³-hybridized carbons (Fsp3) is 0.455. The number of ether oxygens (including phenoxy) is 3. The molecule has 0 unspecified atom stereocenters. The highest BCUT2D eigenvalue weighted by Crippen LogP contribution is 2.48. The molecule has 176 valence electrons. The number of aliphatic hydroxyl groups excluding tert-OH is 2. The number of benzene rings is 1. The summed E-state index contributed by atoms with van der Waals surface area (Å²) in [7, 11) is 0. The molecule has 2 aromatic heterocycles. The number of hydrogen-bond acceptors (Lipinski definition) is 7. The Morgan fingerprint density at radius 2 is 1.91 bits per heavy atom. The fourth-order valence-electron chi connectivity index (χ4n) is 4.59. The van der Waals surface area contributed by atoms with E-state index in [0.29, 0.717) is 16.2 Å². The zero-order valence-corrected chi connectivity index (χ0v) is 19.2. The first-order valence-electron chi connectivity index (χ1n) is 10.4. The summed E-state index contributed by atoms with van der Waals surface area (Å²) in [4.78, 5) is 8.32. The van der Waals surface area contributed by atoms with Crippen LogP contribution in [-0.2, 0) is 14.2 Å². The smallest absolute Gasteiger partial charge is 0.164 e. The molecule has 1 aromatic carbocycles. The third-order valence-electron chi connectivity index (χ3n) is 5.98. The molecular formula is C22H22Cl2FN3O5. The lowest BCUT2D eigenvalue weighted by Crippen LogP contribution is -2.34. The van der Waals surface area contributed by atoms with E-state index in [-0.39, 0.29) is 16.1 Å². The molecular weight excluding hydrogens is 476 g/mol. The predicted octanol–water partition coefficient (Wildman–Crippen LogP) is 3.89. The first-order chi connectivity index (χ1) is 15.7. The molecule has 8 nitrogen and oxygen atoms in total. The van der Waals surface area contributed by atoms with Crippen LogP contribution >= 0.6 is 23.2 Å². The van der Waals surface area contributed by atoms with Gasteiger partial charge in [0, 0.05) is 11.2 Å². The zero-order chi connectivity index (χ0) is 23.5. The minimum Gasteiger partial charge on any atom is -0.393 e. The number of fused-ring (bicyclic) bond motifs is 2. The summed E-state index contributed by atoms with van der Waals surface area (Å²) in [5, 5.41) is 21.9. The standard InChI is InChI=1S/C22H22Cl2FN3O5/c1-22(2)32-17-16(15(30)11-4-3-10(23)7-13(11)14(25)8-29)31-21(18(17)33-22)28-6-5-12-19(24)26-9-27-20(12)28/h3-7,9,14-18,21,29-30H,8H2,1-2H3/t14-,15+,16-,17+,18+,21+/m0/s1. The summed E-state index contributed by atoms with van der Waals surface area (Å²) in [5.74, 6) is -0.929. The van der Waals surface area contributed by atoms with Crippen LogP contribution in [0.4, 0.5) is 4.39 Å². The second-order valence-electron chi connectivity index (χ2n) is 8.55. The number of aliphatic hydroxyl groups is 2.